The van der Waals surface area contributed by atoms with E-state index in [1.54, 1.807) is 52.0 Å². The molecule has 51 heavy (non-hydrogen) atoms. The zero-order valence-electron chi connectivity index (χ0n) is 30.1. The van der Waals surface area contributed by atoms with E-state index in [1.807, 2.05) is 45.9 Å². The number of rotatable bonds is 5. The van der Waals surface area contributed by atoms with Gasteiger partial charge < -0.3 is 28.1 Å². The lowest BCUT2D eigenvalue weighted by molar-refractivity contribution is -0.217. The van der Waals surface area contributed by atoms with Gasteiger partial charge in [-0.3, -0.25) is 14.4 Å². The van der Waals surface area contributed by atoms with Gasteiger partial charge in [-0.2, -0.15) is 0 Å². The first-order valence-corrected chi connectivity index (χ1v) is 17.5. The fraction of sp³-hybridized carbons (Fsp3) is 0.525. The topological polar surface area (TPSA) is 145 Å². The van der Waals surface area contributed by atoms with E-state index in [4.69, 9.17) is 28.1 Å². The summed E-state index contributed by atoms with van der Waals surface area (Å²) in [6.45, 7) is 14.3. The molecule has 11 heteroatoms. The molecule has 0 radical (unpaired) electrons. The Labute approximate surface area is 294 Å². The molecular formula is C40H42O11. The average molecular weight is 699 g/mol. The minimum absolute atomic E-state index is 0.0869. The summed E-state index contributed by atoms with van der Waals surface area (Å²) in [5.41, 5.74) is -7.65. The summed E-state index contributed by atoms with van der Waals surface area (Å²) in [5.74, 6) is -2.04. The summed E-state index contributed by atoms with van der Waals surface area (Å²) in [6.07, 6.45) is -1.40. The van der Waals surface area contributed by atoms with Crippen LogP contribution in [0.15, 0.2) is 57.7 Å². The molecule has 0 spiro atoms. The highest BCUT2D eigenvalue weighted by Gasteiger charge is 2.78. The standard InChI is InChI=1S/C40H42O11/c1-34(2)29(48-33(45)40-19-17-38(8,31(43)51-40)36(40,5)6)28(47-32(44)39-18-16-37(7,30(42)50-39)35(39,3)4)26-24(49-34)15-14-22-23(41)20-25(46-27(22)26)21-12-10-9-11-13-21/h9-15,20,28-29H,16-19H2,1-8H3/t28-,29-,37?,38?,39?,40?/m1/s1. The third kappa shape index (κ3) is 3.92. The van der Waals surface area contributed by atoms with Gasteiger partial charge in [0, 0.05) is 22.5 Å². The van der Waals surface area contributed by atoms with E-state index < -0.39 is 74.5 Å². The fourth-order valence-electron chi connectivity index (χ4n) is 9.33. The van der Waals surface area contributed by atoms with Crippen LogP contribution in [0, 0.1) is 21.7 Å². The molecule has 2 aromatic carbocycles. The van der Waals surface area contributed by atoms with E-state index in [0.29, 0.717) is 18.4 Å². The Kier molecular flexibility index (Phi) is 6.57. The number of benzene rings is 2. The molecule has 0 N–H and O–H groups in total. The molecule has 3 aliphatic heterocycles. The molecule has 268 valence electrons. The van der Waals surface area contributed by atoms with Crippen molar-refractivity contribution in [3.05, 3.63) is 64.3 Å². The number of hydrogen-bond donors (Lipinski definition) is 0. The number of ether oxygens (including phenoxy) is 5. The van der Waals surface area contributed by atoms with Crippen molar-refractivity contribution in [2.75, 3.05) is 0 Å². The first-order valence-electron chi connectivity index (χ1n) is 17.5. The SMILES string of the molecule is CC1(C)Oc2ccc3c(=O)cc(-c4ccccc4)oc3c2[C@@H](OC(=O)C23CCC(C)(C(=O)O2)C3(C)C)[C@H]1OC(=O)C12CCC(C)(C(=O)O1)C2(C)C. The van der Waals surface area contributed by atoms with Gasteiger partial charge in [-0.25, -0.2) is 9.59 Å². The zero-order chi connectivity index (χ0) is 36.7. The molecular weight excluding hydrogens is 656 g/mol. The first kappa shape index (κ1) is 33.5. The highest BCUT2D eigenvalue weighted by atomic mass is 16.7. The van der Waals surface area contributed by atoms with Gasteiger partial charge in [-0.1, -0.05) is 58.0 Å². The maximum atomic E-state index is 14.7. The maximum Gasteiger partial charge on any atom is 0.351 e. The lowest BCUT2D eigenvalue weighted by Gasteiger charge is -2.45. The van der Waals surface area contributed by atoms with Crippen LogP contribution in [0.1, 0.15) is 92.7 Å². The van der Waals surface area contributed by atoms with Crippen LogP contribution in [0.2, 0.25) is 0 Å². The maximum absolute atomic E-state index is 14.7. The van der Waals surface area contributed by atoms with Crippen molar-refractivity contribution < 1.29 is 47.3 Å². The minimum atomic E-state index is -1.62. The van der Waals surface area contributed by atoms with E-state index >= 15 is 0 Å². The number of esters is 4. The minimum Gasteiger partial charge on any atom is -0.483 e. The Hall–Kier alpha value is -4.67. The number of hydrogen-bond acceptors (Lipinski definition) is 11. The number of carbonyl (C=O) groups excluding carboxylic acids is 4. The van der Waals surface area contributed by atoms with Crippen molar-refractivity contribution >= 4 is 34.8 Å². The van der Waals surface area contributed by atoms with Gasteiger partial charge in [0.2, 0.25) is 11.2 Å². The van der Waals surface area contributed by atoms with Crippen LogP contribution >= 0.6 is 0 Å². The van der Waals surface area contributed by atoms with Gasteiger partial charge in [-0.15, -0.1) is 0 Å². The molecule has 2 saturated carbocycles. The molecule has 6 atom stereocenters. The zero-order valence-corrected chi connectivity index (χ0v) is 30.1. The molecule has 2 aliphatic carbocycles. The number of fused-ring (bicyclic) bond motifs is 7. The predicted octanol–water partition coefficient (Wildman–Crippen LogP) is 6.37. The van der Waals surface area contributed by atoms with Crippen LogP contribution in [0.25, 0.3) is 22.3 Å². The average Bonchev–Trinajstić information content (AvgIpc) is 3.54. The van der Waals surface area contributed by atoms with Crippen molar-refractivity contribution in [2.24, 2.45) is 21.7 Å². The third-order valence-corrected chi connectivity index (χ3v) is 13.9. The second-order valence-electron chi connectivity index (χ2n) is 16.9. The summed E-state index contributed by atoms with van der Waals surface area (Å²) in [4.78, 5) is 69.1. The van der Waals surface area contributed by atoms with Crippen molar-refractivity contribution in [3.63, 3.8) is 0 Å². The smallest absolute Gasteiger partial charge is 0.351 e. The Morgan fingerprint density at radius 3 is 1.75 bits per heavy atom. The molecule has 8 rings (SSSR count). The first-order chi connectivity index (χ1) is 23.8. The highest BCUT2D eigenvalue weighted by Crippen LogP contribution is 2.67. The lowest BCUT2D eigenvalue weighted by atomic mass is 9.66. The quantitative estimate of drug-likeness (QED) is 0.217. The molecule has 4 unspecified atom stereocenters. The van der Waals surface area contributed by atoms with Crippen LogP contribution in [0.5, 0.6) is 5.75 Å². The summed E-state index contributed by atoms with van der Waals surface area (Å²) in [5, 5.41) is 0.193. The summed E-state index contributed by atoms with van der Waals surface area (Å²) < 4.78 is 37.6. The van der Waals surface area contributed by atoms with E-state index in [-0.39, 0.29) is 46.3 Å². The molecule has 11 nitrogen and oxygen atoms in total. The second kappa shape index (κ2) is 10.0. The largest absolute Gasteiger partial charge is 0.483 e. The van der Waals surface area contributed by atoms with E-state index in [1.165, 1.54) is 6.07 Å². The van der Waals surface area contributed by atoms with Crippen molar-refractivity contribution in [1.29, 1.82) is 0 Å². The van der Waals surface area contributed by atoms with Crippen LogP contribution in [0.4, 0.5) is 0 Å². The Morgan fingerprint density at radius 1 is 0.686 bits per heavy atom. The summed E-state index contributed by atoms with van der Waals surface area (Å²) in [7, 11) is 0. The van der Waals surface area contributed by atoms with Crippen molar-refractivity contribution in [3.8, 4) is 17.1 Å². The van der Waals surface area contributed by atoms with Gasteiger partial charge in [0.15, 0.2) is 17.6 Å². The van der Waals surface area contributed by atoms with Gasteiger partial charge in [0.05, 0.1) is 21.8 Å². The fourth-order valence-corrected chi connectivity index (χ4v) is 9.33. The van der Waals surface area contributed by atoms with Gasteiger partial charge in [-0.05, 0) is 65.5 Å². The second-order valence-corrected chi connectivity index (χ2v) is 16.9. The molecule has 3 aromatic rings. The van der Waals surface area contributed by atoms with Crippen molar-refractivity contribution in [2.45, 2.75) is 110 Å². The van der Waals surface area contributed by atoms with Crippen LogP contribution in [-0.2, 0) is 38.1 Å². The Balaban J connectivity index is 1.30. The Bertz CT molecular complexity index is 2130. The Morgan fingerprint density at radius 2 is 1.24 bits per heavy atom. The van der Waals surface area contributed by atoms with E-state index in [0.717, 1.165) is 0 Å². The summed E-state index contributed by atoms with van der Waals surface area (Å²) in [6, 6.07) is 13.6. The van der Waals surface area contributed by atoms with Gasteiger partial charge in [0.1, 0.15) is 22.7 Å². The lowest BCUT2D eigenvalue weighted by Crippen LogP contribution is -2.57. The molecule has 4 heterocycles. The van der Waals surface area contributed by atoms with Crippen LogP contribution in [-0.4, -0.2) is 46.8 Å². The molecule has 5 aliphatic rings. The predicted molar refractivity (Wildman–Crippen MR) is 181 cm³/mol. The van der Waals surface area contributed by atoms with E-state index in [2.05, 4.69) is 0 Å². The normalized spacial score (nSPS) is 34.7. The van der Waals surface area contributed by atoms with Crippen molar-refractivity contribution in [1.82, 2.24) is 0 Å². The van der Waals surface area contributed by atoms with Gasteiger partial charge >= 0.3 is 23.9 Å². The third-order valence-electron chi connectivity index (χ3n) is 13.9. The van der Waals surface area contributed by atoms with E-state index in [9.17, 15) is 24.0 Å². The molecule has 2 saturated heterocycles. The monoisotopic (exact) mass is 698 g/mol. The van der Waals surface area contributed by atoms with Gasteiger partial charge in [0.25, 0.3) is 0 Å². The van der Waals surface area contributed by atoms with Crippen LogP contribution < -0.4 is 10.2 Å². The van der Waals surface area contributed by atoms with Crippen LogP contribution in [0.3, 0.4) is 0 Å². The highest BCUT2D eigenvalue weighted by molar-refractivity contribution is 5.95. The molecule has 0 amide bonds. The molecule has 1 aromatic heterocycles. The molecule has 4 bridgehead atoms. The molecule has 4 fully saturated rings. The summed E-state index contributed by atoms with van der Waals surface area (Å²) >= 11 is 0. The number of carbonyl (C=O) groups is 4.